The molecule has 0 aliphatic carbocycles. The minimum absolute atomic E-state index is 0.0360. The summed E-state index contributed by atoms with van der Waals surface area (Å²) in [5.74, 6) is 0.527. The van der Waals surface area contributed by atoms with E-state index in [4.69, 9.17) is 18.0 Å². The van der Waals surface area contributed by atoms with Crippen molar-refractivity contribution >= 4 is 35.3 Å². The van der Waals surface area contributed by atoms with Crippen LogP contribution in [0.2, 0.25) is 0 Å². The Morgan fingerprint density at radius 3 is 2.50 bits per heavy atom. The summed E-state index contributed by atoms with van der Waals surface area (Å²) in [5.41, 5.74) is 5.87. The number of aromatic nitrogens is 1. The first-order chi connectivity index (χ1) is 7.61. The third-order valence-electron chi connectivity index (χ3n) is 2.89. The van der Waals surface area contributed by atoms with Gasteiger partial charge in [-0.25, -0.2) is 0 Å². The number of carbonyl (C=O) groups excluding carboxylic acids is 1. The Labute approximate surface area is 104 Å². The summed E-state index contributed by atoms with van der Waals surface area (Å²) < 4.78 is 2.34. The largest absolute Gasteiger partial charge is 0.384 e. The number of nitrogens with two attached hydrogens (primary N) is 1. The second-order valence-corrected chi connectivity index (χ2v) is 5.64. The molecule has 2 rings (SSSR count). The van der Waals surface area contributed by atoms with E-state index in [1.807, 2.05) is 4.90 Å². The molecule has 1 saturated heterocycles. The number of amides is 1. The normalized spacial score (nSPS) is 16.4. The van der Waals surface area contributed by atoms with E-state index >= 15 is 0 Å². The molecule has 0 aromatic carbocycles. The van der Waals surface area contributed by atoms with Crippen LogP contribution in [0.25, 0.3) is 0 Å². The number of nitrogens with zero attached hydrogens (tertiary/aromatic N) is 2. The number of nitrogen functional groups attached to an aromatic ring is 1. The molecule has 0 bridgehead atoms. The predicted molar refractivity (Wildman–Crippen MR) is 68.3 cm³/mol. The SMILES string of the molecule is Cn1c(N)c(C(=O)N2CCCCC2)sc1=S. The molecular weight excluding hydrogens is 242 g/mol. The summed E-state index contributed by atoms with van der Waals surface area (Å²) in [6.45, 7) is 1.68. The van der Waals surface area contributed by atoms with Crippen molar-refractivity contribution in [2.75, 3.05) is 18.8 Å². The fourth-order valence-electron chi connectivity index (χ4n) is 1.85. The Bertz CT molecular complexity index is 457. The number of likely N-dealkylation sites (tertiary alicyclic amines) is 1. The Balaban J connectivity index is 2.26. The third kappa shape index (κ3) is 1.99. The second kappa shape index (κ2) is 4.55. The van der Waals surface area contributed by atoms with Crippen molar-refractivity contribution in [3.8, 4) is 0 Å². The quantitative estimate of drug-likeness (QED) is 0.783. The highest BCUT2D eigenvalue weighted by atomic mass is 32.1. The van der Waals surface area contributed by atoms with Gasteiger partial charge < -0.3 is 15.2 Å². The molecule has 0 saturated carbocycles. The van der Waals surface area contributed by atoms with Gasteiger partial charge in [-0.2, -0.15) is 0 Å². The van der Waals surface area contributed by atoms with Crippen LogP contribution in [0.15, 0.2) is 0 Å². The van der Waals surface area contributed by atoms with Gasteiger partial charge in [0, 0.05) is 20.1 Å². The van der Waals surface area contributed by atoms with Crippen LogP contribution in [0, 0.1) is 3.95 Å². The summed E-state index contributed by atoms with van der Waals surface area (Å²) in [7, 11) is 1.79. The van der Waals surface area contributed by atoms with Crippen LogP contribution in [0.3, 0.4) is 0 Å². The molecule has 16 heavy (non-hydrogen) atoms. The second-order valence-electron chi connectivity index (χ2n) is 3.99. The molecule has 1 fully saturated rings. The van der Waals surface area contributed by atoms with E-state index in [1.165, 1.54) is 17.8 Å². The molecule has 1 aromatic heterocycles. The fraction of sp³-hybridized carbons (Fsp3) is 0.600. The van der Waals surface area contributed by atoms with E-state index in [9.17, 15) is 4.79 Å². The average molecular weight is 257 g/mol. The van der Waals surface area contributed by atoms with E-state index in [2.05, 4.69) is 0 Å². The van der Waals surface area contributed by atoms with E-state index in [1.54, 1.807) is 11.6 Å². The zero-order valence-corrected chi connectivity index (χ0v) is 10.9. The number of hydrogen-bond acceptors (Lipinski definition) is 4. The van der Waals surface area contributed by atoms with Crippen LogP contribution in [-0.2, 0) is 7.05 Å². The van der Waals surface area contributed by atoms with Gasteiger partial charge in [-0.1, -0.05) is 11.3 Å². The Kier molecular flexibility index (Phi) is 3.30. The lowest BCUT2D eigenvalue weighted by atomic mass is 10.1. The number of piperidine rings is 1. The Morgan fingerprint density at radius 1 is 1.38 bits per heavy atom. The molecule has 0 atom stereocenters. The van der Waals surface area contributed by atoms with Crippen LogP contribution in [0.1, 0.15) is 28.9 Å². The van der Waals surface area contributed by atoms with Gasteiger partial charge in [0.05, 0.1) is 0 Å². The van der Waals surface area contributed by atoms with Crippen molar-refractivity contribution in [3.05, 3.63) is 8.83 Å². The van der Waals surface area contributed by atoms with E-state index in [0.29, 0.717) is 14.6 Å². The van der Waals surface area contributed by atoms with Gasteiger partial charge in [-0.05, 0) is 31.5 Å². The van der Waals surface area contributed by atoms with E-state index in [-0.39, 0.29) is 5.91 Å². The molecule has 2 heterocycles. The zero-order chi connectivity index (χ0) is 11.7. The number of anilines is 1. The minimum Gasteiger partial charge on any atom is -0.384 e. The van der Waals surface area contributed by atoms with Gasteiger partial charge in [-0.3, -0.25) is 4.79 Å². The molecular formula is C10H15N3OS2. The molecule has 0 spiro atoms. The van der Waals surface area contributed by atoms with Crippen LogP contribution >= 0.6 is 23.6 Å². The summed E-state index contributed by atoms with van der Waals surface area (Å²) >= 11 is 6.42. The standard InChI is InChI=1S/C10H15N3OS2/c1-12-8(11)7(16-10(12)15)9(14)13-5-3-2-4-6-13/h2-6,11H2,1H3. The van der Waals surface area contributed by atoms with Gasteiger partial charge in [0.1, 0.15) is 10.7 Å². The van der Waals surface area contributed by atoms with Crippen molar-refractivity contribution < 1.29 is 4.79 Å². The molecule has 4 nitrogen and oxygen atoms in total. The van der Waals surface area contributed by atoms with Gasteiger partial charge in [-0.15, -0.1) is 0 Å². The Hall–Kier alpha value is -0.880. The van der Waals surface area contributed by atoms with Crippen LogP contribution in [-0.4, -0.2) is 28.5 Å². The lowest BCUT2D eigenvalue weighted by Crippen LogP contribution is -2.35. The van der Waals surface area contributed by atoms with Gasteiger partial charge in [0.15, 0.2) is 3.95 Å². The highest BCUT2D eigenvalue weighted by Gasteiger charge is 2.22. The predicted octanol–water partition coefficient (Wildman–Crippen LogP) is 2.02. The average Bonchev–Trinajstić information content (AvgIpc) is 2.57. The molecule has 1 aliphatic heterocycles. The van der Waals surface area contributed by atoms with Crippen LogP contribution in [0.4, 0.5) is 5.82 Å². The van der Waals surface area contributed by atoms with Crippen molar-refractivity contribution in [1.82, 2.24) is 9.47 Å². The van der Waals surface area contributed by atoms with Crippen molar-refractivity contribution in [2.24, 2.45) is 7.05 Å². The molecule has 0 unspecified atom stereocenters. The summed E-state index contributed by atoms with van der Waals surface area (Å²) in [6, 6.07) is 0. The summed E-state index contributed by atoms with van der Waals surface area (Å²) in [6.07, 6.45) is 3.39. The maximum atomic E-state index is 12.2. The lowest BCUT2D eigenvalue weighted by Gasteiger charge is -2.26. The molecule has 1 aromatic rings. The first kappa shape index (κ1) is 11.6. The van der Waals surface area contributed by atoms with Crippen molar-refractivity contribution in [1.29, 1.82) is 0 Å². The maximum Gasteiger partial charge on any atom is 0.267 e. The smallest absolute Gasteiger partial charge is 0.267 e. The fourth-order valence-corrected chi connectivity index (χ4v) is 3.07. The number of carbonyl (C=O) groups is 1. The first-order valence-electron chi connectivity index (χ1n) is 5.36. The summed E-state index contributed by atoms with van der Waals surface area (Å²) in [5, 5.41) is 0. The molecule has 1 aliphatic rings. The van der Waals surface area contributed by atoms with Crippen LogP contribution < -0.4 is 5.73 Å². The number of rotatable bonds is 1. The third-order valence-corrected chi connectivity index (χ3v) is 4.45. The zero-order valence-electron chi connectivity index (χ0n) is 9.23. The topological polar surface area (TPSA) is 51.3 Å². The highest BCUT2D eigenvalue weighted by molar-refractivity contribution is 7.73. The minimum atomic E-state index is 0.0360. The molecule has 0 radical (unpaired) electrons. The molecule has 2 N–H and O–H groups in total. The Morgan fingerprint density at radius 2 is 2.00 bits per heavy atom. The number of thiazole rings is 1. The molecule has 6 heteroatoms. The van der Waals surface area contributed by atoms with Crippen molar-refractivity contribution in [3.63, 3.8) is 0 Å². The van der Waals surface area contributed by atoms with Crippen LogP contribution in [0.5, 0.6) is 0 Å². The van der Waals surface area contributed by atoms with E-state index in [0.717, 1.165) is 25.9 Å². The highest BCUT2D eigenvalue weighted by Crippen LogP contribution is 2.23. The molecule has 88 valence electrons. The maximum absolute atomic E-state index is 12.2. The first-order valence-corrected chi connectivity index (χ1v) is 6.58. The van der Waals surface area contributed by atoms with Gasteiger partial charge in [0.25, 0.3) is 5.91 Å². The lowest BCUT2D eigenvalue weighted by molar-refractivity contribution is 0.0730. The van der Waals surface area contributed by atoms with E-state index < -0.39 is 0 Å². The monoisotopic (exact) mass is 257 g/mol. The molecule has 1 amide bonds. The van der Waals surface area contributed by atoms with Gasteiger partial charge >= 0.3 is 0 Å². The number of hydrogen-bond donors (Lipinski definition) is 1. The van der Waals surface area contributed by atoms with Crippen molar-refractivity contribution in [2.45, 2.75) is 19.3 Å². The summed E-state index contributed by atoms with van der Waals surface area (Å²) in [4.78, 5) is 14.7. The van der Waals surface area contributed by atoms with Gasteiger partial charge in [0.2, 0.25) is 0 Å².